The molecule has 3 aromatic carbocycles. The molecule has 1 aliphatic rings. The first-order valence-electron chi connectivity index (χ1n) is 12.3. The van der Waals surface area contributed by atoms with Gasteiger partial charge in [0.2, 0.25) is 0 Å². The number of carbonyl (C=O) groups is 1. The lowest BCUT2D eigenvalue weighted by atomic mass is 10.0. The summed E-state index contributed by atoms with van der Waals surface area (Å²) in [6.45, 7) is 5.88. The number of fused-ring (bicyclic) bond motifs is 1. The van der Waals surface area contributed by atoms with Gasteiger partial charge in [-0.1, -0.05) is 30.3 Å². The summed E-state index contributed by atoms with van der Waals surface area (Å²) in [4.78, 5) is 16.5. The van der Waals surface area contributed by atoms with Crippen LogP contribution in [0.5, 0.6) is 11.5 Å². The second kappa shape index (κ2) is 11.2. The van der Waals surface area contributed by atoms with Crippen LogP contribution in [-0.2, 0) is 16.1 Å². The van der Waals surface area contributed by atoms with E-state index in [-0.39, 0.29) is 18.3 Å². The number of amidine groups is 1. The number of esters is 1. The number of ether oxygens (including phenoxy) is 3. The molecule has 1 heterocycles. The molecule has 0 bridgehead atoms. The molecular formula is C29H34N4O4. The van der Waals surface area contributed by atoms with Crippen molar-refractivity contribution in [1.29, 1.82) is 5.41 Å². The van der Waals surface area contributed by atoms with Crippen LogP contribution in [0.15, 0.2) is 72.8 Å². The molecule has 1 unspecified atom stereocenters. The molecule has 0 amide bonds. The van der Waals surface area contributed by atoms with Crippen LogP contribution in [0.1, 0.15) is 25.0 Å². The first-order chi connectivity index (χ1) is 17.8. The van der Waals surface area contributed by atoms with E-state index in [4.69, 9.17) is 25.4 Å². The highest BCUT2D eigenvalue weighted by atomic mass is 16.5. The summed E-state index contributed by atoms with van der Waals surface area (Å²) in [5.41, 5.74) is 8.58. The van der Waals surface area contributed by atoms with Gasteiger partial charge < -0.3 is 29.7 Å². The molecule has 0 saturated heterocycles. The summed E-state index contributed by atoms with van der Waals surface area (Å²) in [6.07, 6.45) is 0. The van der Waals surface area contributed by atoms with Crippen LogP contribution in [0.4, 0.5) is 11.4 Å². The van der Waals surface area contributed by atoms with Gasteiger partial charge in [-0.15, -0.1) is 0 Å². The van der Waals surface area contributed by atoms with E-state index in [1.54, 1.807) is 24.3 Å². The number of nitrogens with one attached hydrogen (secondary N) is 1. The lowest BCUT2D eigenvalue weighted by molar-refractivity contribution is -0.141. The fourth-order valence-electron chi connectivity index (χ4n) is 4.42. The van der Waals surface area contributed by atoms with Gasteiger partial charge in [0.1, 0.15) is 30.5 Å². The zero-order valence-corrected chi connectivity index (χ0v) is 21.6. The maximum absolute atomic E-state index is 12.4. The Labute approximate surface area is 218 Å². The number of anilines is 2. The Morgan fingerprint density at radius 2 is 1.86 bits per heavy atom. The highest BCUT2D eigenvalue weighted by Crippen LogP contribution is 2.39. The molecule has 3 aromatic rings. The van der Waals surface area contributed by atoms with E-state index in [1.165, 1.54) is 0 Å². The number of nitrogens with two attached hydrogens (primary N) is 1. The van der Waals surface area contributed by atoms with E-state index in [0.717, 1.165) is 22.7 Å². The van der Waals surface area contributed by atoms with Crippen LogP contribution in [0, 0.1) is 5.41 Å². The van der Waals surface area contributed by atoms with Gasteiger partial charge in [0.05, 0.1) is 18.8 Å². The number of nitrogens with zero attached hydrogens (tertiary/aromatic N) is 2. The third-order valence-electron chi connectivity index (χ3n) is 6.20. The van der Waals surface area contributed by atoms with Crippen molar-refractivity contribution in [2.24, 2.45) is 5.73 Å². The maximum atomic E-state index is 12.4. The second-order valence-electron chi connectivity index (χ2n) is 9.43. The molecule has 37 heavy (non-hydrogen) atoms. The predicted octanol–water partition coefficient (Wildman–Crippen LogP) is 4.21. The number of benzene rings is 3. The van der Waals surface area contributed by atoms with Crippen molar-refractivity contribution in [2.45, 2.75) is 26.0 Å². The van der Waals surface area contributed by atoms with Crippen molar-refractivity contribution in [2.75, 3.05) is 43.2 Å². The fraction of sp³-hybridized carbons (Fsp3) is 0.310. The van der Waals surface area contributed by atoms with E-state index in [1.807, 2.05) is 68.3 Å². The number of hydrogen-bond acceptors (Lipinski definition) is 7. The molecule has 4 rings (SSSR count). The van der Waals surface area contributed by atoms with Crippen LogP contribution in [-0.4, -0.2) is 50.8 Å². The number of carbonyl (C=O) groups excluding carboxylic acids is 1. The topological polar surface area (TPSA) is 101 Å². The van der Waals surface area contributed by atoms with Crippen LogP contribution in [0.2, 0.25) is 0 Å². The van der Waals surface area contributed by atoms with E-state index < -0.39 is 5.60 Å². The molecule has 0 fully saturated rings. The summed E-state index contributed by atoms with van der Waals surface area (Å²) < 4.78 is 17.7. The summed E-state index contributed by atoms with van der Waals surface area (Å²) >= 11 is 0. The third kappa shape index (κ3) is 6.52. The minimum atomic E-state index is -0.572. The largest absolute Gasteiger partial charge is 0.489 e. The Kier molecular flexibility index (Phi) is 7.86. The van der Waals surface area contributed by atoms with Gasteiger partial charge in [-0.05, 0) is 61.9 Å². The zero-order valence-electron chi connectivity index (χ0n) is 21.6. The van der Waals surface area contributed by atoms with Crippen LogP contribution >= 0.6 is 0 Å². The van der Waals surface area contributed by atoms with Crippen molar-refractivity contribution in [3.8, 4) is 11.5 Å². The van der Waals surface area contributed by atoms with Crippen molar-refractivity contribution in [1.82, 2.24) is 0 Å². The quantitative estimate of drug-likeness (QED) is 0.243. The Bertz CT molecular complexity index is 1230. The molecule has 0 spiro atoms. The number of nitrogen functional groups attached to an aromatic ring is 1. The Morgan fingerprint density at radius 3 is 2.54 bits per heavy atom. The Balaban J connectivity index is 1.50. The number of rotatable bonds is 10. The molecule has 8 nitrogen and oxygen atoms in total. The molecule has 3 N–H and O–H groups in total. The molecular weight excluding hydrogens is 468 g/mol. The van der Waals surface area contributed by atoms with Gasteiger partial charge in [0, 0.05) is 24.8 Å². The normalized spacial score (nSPS) is 16.4. The minimum Gasteiger partial charge on any atom is -0.489 e. The first-order valence-corrected chi connectivity index (χ1v) is 12.3. The summed E-state index contributed by atoms with van der Waals surface area (Å²) in [6, 6.07) is 23.2. The molecule has 1 atom stereocenters. The van der Waals surface area contributed by atoms with Crippen molar-refractivity contribution in [3.05, 3.63) is 83.9 Å². The first kappa shape index (κ1) is 25.9. The zero-order chi connectivity index (χ0) is 26.4. The van der Waals surface area contributed by atoms with Gasteiger partial charge in [0.25, 0.3) is 0 Å². The average molecular weight is 503 g/mol. The standard InChI is InChI=1S/C29H34N4O4/c1-4-35-27(34)18-33(17-21-8-6-5-7-9-21)23-12-15-26-25(16-23)32(3)19-29(2,37-26)20-36-24-13-10-22(11-14-24)28(30)31/h5-16H,4,17-20H2,1-3H3,(H3,30,31). The van der Waals surface area contributed by atoms with Crippen LogP contribution in [0.3, 0.4) is 0 Å². The van der Waals surface area contributed by atoms with Gasteiger partial charge >= 0.3 is 5.97 Å². The monoisotopic (exact) mass is 502 g/mol. The van der Waals surface area contributed by atoms with Crippen LogP contribution in [0.25, 0.3) is 0 Å². The van der Waals surface area contributed by atoms with Gasteiger partial charge in [-0.3, -0.25) is 10.2 Å². The Hall–Kier alpha value is -4.20. The van der Waals surface area contributed by atoms with Crippen molar-refractivity contribution in [3.63, 3.8) is 0 Å². The molecule has 194 valence electrons. The highest BCUT2D eigenvalue weighted by Gasteiger charge is 2.36. The number of hydrogen-bond donors (Lipinski definition) is 2. The molecule has 0 aliphatic carbocycles. The maximum Gasteiger partial charge on any atom is 0.325 e. The third-order valence-corrected chi connectivity index (χ3v) is 6.20. The molecule has 1 aliphatic heterocycles. The summed E-state index contributed by atoms with van der Waals surface area (Å²) in [7, 11) is 2.03. The lowest BCUT2D eigenvalue weighted by Gasteiger charge is -2.41. The molecule has 8 heteroatoms. The highest BCUT2D eigenvalue weighted by molar-refractivity contribution is 5.94. The van der Waals surface area contributed by atoms with E-state index in [2.05, 4.69) is 11.0 Å². The average Bonchev–Trinajstić information content (AvgIpc) is 2.88. The van der Waals surface area contributed by atoms with Crippen LogP contribution < -0.4 is 25.0 Å². The van der Waals surface area contributed by atoms with Gasteiger partial charge in [-0.25, -0.2) is 0 Å². The van der Waals surface area contributed by atoms with Gasteiger partial charge in [0.15, 0.2) is 5.60 Å². The number of likely N-dealkylation sites (N-methyl/N-ethyl adjacent to an activating group) is 1. The Morgan fingerprint density at radius 1 is 1.14 bits per heavy atom. The molecule has 0 saturated carbocycles. The fourth-order valence-corrected chi connectivity index (χ4v) is 4.42. The lowest BCUT2D eigenvalue weighted by Crippen LogP contribution is -2.51. The molecule has 0 radical (unpaired) electrons. The SMILES string of the molecule is CCOC(=O)CN(Cc1ccccc1)c1ccc2c(c1)N(C)CC(C)(COc1ccc(C(=N)N)cc1)O2. The van der Waals surface area contributed by atoms with E-state index in [9.17, 15) is 4.79 Å². The summed E-state index contributed by atoms with van der Waals surface area (Å²) in [5, 5.41) is 7.53. The van der Waals surface area contributed by atoms with Gasteiger partial charge in [-0.2, -0.15) is 0 Å². The van der Waals surface area contributed by atoms with E-state index >= 15 is 0 Å². The second-order valence-corrected chi connectivity index (χ2v) is 9.43. The smallest absolute Gasteiger partial charge is 0.325 e. The minimum absolute atomic E-state index is 0.0244. The van der Waals surface area contributed by atoms with Crippen molar-refractivity contribution < 1.29 is 19.0 Å². The van der Waals surface area contributed by atoms with E-state index in [0.29, 0.717) is 37.6 Å². The van der Waals surface area contributed by atoms with Crippen molar-refractivity contribution >= 4 is 23.2 Å². The summed E-state index contributed by atoms with van der Waals surface area (Å²) in [5.74, 6) is 1.21. The molecule has 0 aromatic heterocycles. The predicted molar refractivity (Wildman–Crippen MR) is 146 cm³/mol.